The lowest BCUT2D eigenvalue weighted by Crippen LogP contribution is -2.28. The molecule has 2 aromatic carbocycles. The summed E-state index contributed by atoms with van der Waals surface area (Å²) in [7, 11) is 1.87. The first kappa shape index (κ1) is 17.9. The summed E-state index contributed by atoms with van der Waals surface area (Å²) in [6.45, 7) is 2.35. The van der Waals surface area contributed by atoms with Crippen LogP contribution in [0.2, 0.25) is 0 Å². The molecule has 5 heteroatoms. The molecule has 1 amide bonds. The molecule has 1 heterocycles. The maximum Gasteiger partial charge on any atom is 0.227 e. The van der Waals surface area contributed by atoms with Gasteiger partial charge in [0.25, 0.3) is 0 Å². The average Bonchev–Trinajstić information content (AvgIpc) is 3.03. The van der Waals surface area contributed by atoms with Crippen LogP contribution in [0.3, 0.4) is 0 Å². The molecule has 26 heavy (non-hydrogen) atoms. The topological polar surface area (TPSA) is 46.9 Å². The second-order valence-electron chi connectivity index (χ2n) is 6.27. The molecule has 1 aromatic heterocycles. The van der Waals surface area contributed by atoms with E-state index in [-0.39, 0.29) is 17.6 Å². The van der Waals surface area contributed by atoms with E-state index in [1.165, 1.54) is 12.1 Å². The van der Waals surface area contributed by atoms with Crippen molar-refractivity contribution in [3.05, 3.63) is 77.7 Å². The van der Waals surface area contributed by atoms with Crippen LogP contribution in [0.25, 0.3) is 11.3 Å². The molecule has 0 spiro atoms. The van der Waals surface area contributed by atoms with Crippen LogP contribution >= 0.6 is 0 Å². The molecule has 3 aromatic rings. The zero-order valence-electron chi connectivity index (χ0n) is 14.9. The smallest absolute Gasteiger partial charge is 0.227 e. The van der Waals surface area contributed by atoms with Crippen LogP contribution in [-0.2, 0) is 18.4 Å². The third kappa shape index (κ3) is 3.99. The summed E-state index contributed by atoms with van der Waals surface area (Å²) < 4.78 is 14.9. The molecule has 1 N–H and O–H groups in total. The molecule has 0 bridgehead atoms. The van der Waals surface area contributed by atoms with Crippen molar-refractivity contribution >= 4 is 5.91 Å². The number of amides is 1. The molecular formula is C21H22FN3O. The van der Waals surface area contributed by atoms with Gasteiger partial charge in [0.2, 0.25) is 5.91 Å². The van der Waals surface area contributed by atoms with Gasteiger partial charge in [-0.3, -0.25) is 9.48 Å². The van der Waals surface area contributed by atoms with E-state index < -0.39 is 0 Å². The quantitative estimate of drug-likeness (QED) is 0.729. The van der Waals surface area contributed by atoms with Gasteiger partial charge in [-0.15, -0.1) is 0 Å². The van der Waals surface area contributed by atoms with Gasteiger partial charge in [0.1, 0.15) is 5.82 Å². The molecule has 0 unspecified atom stereocenters. The summed E-state index contributed by atoms with van der Waals surface area (Å²) in [6.07, 6.45) is 2.57. The van der Waals surface area contributed by atoms with Gasteiger partial charge in [0, 0.05) is 30.9 Å². The van der Waals surface area contributed by atoms with E-state index in [0.29, 0.717) is 13.0 Å². The summed E-state index contributed by atoms with van der Waals surface area (Å²) in [5, 5.41) is 7.52. The number of hydrogen-bond acceptors (Lipinski definition) is 2. The average molecular weight is 351 g/mol. The molecule has 0 aliphatic carbocycles. The van der Waals surface area contributed by atoms with Gasteiger partial charge in [-0.25, -0.2) is 4.39 Å². The van der Waals surface area contributed by atoms with Crippen molar-refractivity contribution in [3.63, 3.8) is 0 Å². The molecule has 134 valence electrons. The van der Waals surface area contributed by atoms with Crippen molar-refractivity contribution in [1.29, 1.82) is 0 Å². The van der Waals surface area contributed by atoms with Gasteiger partial charge in [-0.2, -0.15) is 5.10 Å². The number of halogens is 1. The SMILES string of the molecule is CC[C@@H](C(=O)NCc1cn(C)nc1-c1ccccc1)c1ccc(F)cc1. The van der Waals surface area contributed by atoms with Crippen molar-refractivity contribution < 1.29 is 9.18 Å². The van der Waals surface area contributed by atoms with Crippen LogP contribution in [0.4, 0.5) is 4.39 Å². The number of nitrogens with zero attached hydrogens (tertiary/aromatic N) is 2. The van der Waals surface area contributed by atoms with E-state index in [1.807, 2.05) is 50.5 Å². The Balaban J connectivity index is 1.74. The van der Waals surface area contributed by atoms with Crippen LogP contribution < -0.4 is 5.32 Å². The van der Waals surface area contributed by atoms with Crippen molar-refractivity contribution in [2.75, 3.05) is 0 Å². The lowest BCUT2D eigenvalue weighted by Gasteiger charge is -2.15. The summed E-state index contributed by atoms with van der Waals surface area (Å²) in [5.74, 6) is -0.665. The predicted molar refractivity (Wildman–Crippen MR) is 99.9 cm³/mol. The highest BCUT2D eigenvalue weighted by atomic mass is 19.1. The third-order valence-corrected chi connectivity index (χ3v) is 4.40. The van der Waals surface area contributed by atoms with E-state index >= 15 is 0 Å². The van der Waals surface area contributed by atoms with Gasteiger partial charge < -0.3 is 5.32 Å². The number of rotatable bonds is 6. The summed E-state index contributed by atoms with van der Waals surface area (Å²) in [4.78, 5) is 12.7. The molecular weight excluding hydrogens is 329 g/mol. The van der Waals surface area contributed by atoms with E-state index in [9.17, 15) is 9.18 Å². The van der Waals surface area contributed by atoms with E-state index in [0.717, 1.165) is 22.4 Å². The maximum absolute atomic E-state index is 13.1. The maximum atomic E-state index is 13.1. The predicted octanol–water partition coefficient (Wildman–Crippen LogP) is 4.04. The molecule has 0 aliphatic rings. The first-order valence-electron chi connectivity index (χ1n) is 8.69. The monoisotopic (exact) mass is 351 g/mol. The largest absolute Gasteiger partial charge is 0.351 e. The highest BCUT2D eigenvalue weighted by Gasteiger charge is 2.19. The van der Waals surface area contributed by atoms with Gasteiger partial charge >= 0.3 is 0 Å². The fraction of sp³-hybridized carbons (Fsp3) is 0.238. The normalized spacial score (nSPS) is 12.0. The van der Waals surface area contributed by atoms with Crippen molar-refractivity contribution in [3.8, 4) is 11.3 Å². The van der Waals surface area contributed by atoms with Gasteiger partial charge in [-0.05, 0) is 24.1 Å². The number of carbonyl (C=O) groups excluding carboxylic acids is 1. The summed E-state index contributed by atoms with van der Waals surface area (Å²) in [5.41, 5.74) is 3.66. The summed E-state index contributed by atoms with van der Waals surface area (Å²) in [6, 6.07) is 16.0. The highest BCUT2D eigenvalue weighted by molar-refractivity contribution is 5.83. The highest BCUT2D eigenvalue weighted by Crippen LogP contribution is 2.23. The first-order valence-corrected chi connectivity index (χ1v) is 8.69. The van der Waals surface area contributed by atoms with Crippen molar-refractivity contribution in [2.24, 2.45) is 7.05 Å². The molecule has 0 aliphatic heterocycles. The Labute approximate surface area is 152 Å². The van der Waals surface area contributed by atoms with Crippen molar-refractivity contribution in [2.45, 2.75) is 25.8 Å². The zero-order chi connectivity index (χ0) is 18.5. The second-order valence-corrected chi connectivity index (χ2v) is 6.27. The van der Waals surface area contributed by atoms with E-state index in [2.05, 4.69) is 10.4 Å². The molecule has 4 nitrogen and oxygen atoms in total. The standard InChI is InChI=1S/C21H22FN3O/c1-3-19(15-9-11-18(22)12-10-15)21(26)23-13-17-14-25(2)24-20(17)16-7-5-4-6-8-16/h4-12,14,19H,3,13H2,1-2H3,(H,23,26)/t19-/m1/s1. The Bertz CT molecular complexity index is 872. The molecule has 0 saturated heterocycles. The first-order chi connectivity index (χ1) is 12.6. The van der Waals surface area contributed by atoms with Crippen LogP contribution in [-0.4, -0.2) is 15.7 Å². The molecule has 0 saturated carbocycles. The Morgan fingerprint density at radius 2 is 1.85 bits per heavy atom. The fourth-order valence-corrected chi connectivity index (χ4v) is 3.08. The van der Waals surface area contributed by atoms with Crippen LogP contribution in [0, 0.1) is 5.82 Å². The molecule has 0 radical (unpaired) electrons. The van der Waals surface area contributed by atoms with E-state index in [4.69, 9.17) is 0 Å². The number of benzene rings is 2. The zero-order valence-corrected chi connectivity index (χ0v) is 14.9. The van der Waals surface area contributed by atoms with E-state index in [1.54, 1.807) is 16.8 Å². The number of aromatic nitrogens is 2. The Morgan fingerprint density at radius 3 is 2.50 bits per heavy atom. The van der Waals surface area contributed by atoms with Crippen LogP contribution in [0.15, 0.2) is 60.8 Å². The Hall–Kier alpha value is -2.95. The van der Waals surface area contributed by atoms with Crippen LogP contribution in [0.1, 0.15) is 30.4 Å². The third-order valence-electron chi connectivity index (χ3n) is 4.40. The minimum Gasteiger partial charge on any atom is -0.351 e. The Kier molecular flexibility index (Phi) is 5.46. The number of aryl methyl sites for hydroxylation is 1. The number of hydrogen-bond donors (Lipinski definition) is 1. The van der Waals surface area contributed by atoms with Gasteiger partial charge in [0.15, 0.2) is 0 Å². The lowest BCUT2D eigenvalue weighted by molar-refractivity contribution is -0.122. The molecule has 1 atom stereocenters. The van der Waals surface area contributed by atoms with Gasteiger partial charge in [0.05, 0.1) is 11.6 Å². The molecule has 0 fully saturated rings. The lowest BCUT2D eigenvalue weighted by atomic mass is 9.95. The fourth-order valence-electron chi connectivity index (χ4n) is 3.08. The van der Waals surface area contributed by atoms with Gasteiger partial charge in [-0.1, -0.05) is 49.4 Å². The van der Waals surface area contributed by atoms with Crippen LogP contribution in [0.5, 0.6) is 0 Å². The minimum atomic E-state index is -0.299. The minimum absolute atomic E-state index is 0.0676. The second kappa shape index (κ2) is 7.95. The summed E-state index contributed by atoms with van der Waals surface area (Å²) >= 11 is 0. The molecule has 3 rings (SSSR count). The Morgan fingerprint density at radius 1 is 1.15 bits per heavy atom. The number of nitrogens with one attached hydrogen (secondary N) is 1. The van der Waals surface area contributed by atoms with Crippen molar-refractivity contribution in [1.82, 2.24) is 15.1 Å². The number of carbonyl (C=O) groups is 1.